The van der Waals surface area contributed by atoms with Crippen LogP contribution in [-0.2, 0) is 11.2 Å². The fourth-order valence-electron chi connectivity index (χ4n) is 1.85. The number of hydrogen-bond acceptors (Lipinski definition) is 2. The third-order valence-corrected chi connectivity index (χ3v) is 2.50. The van der Waals surface area contributed by atoms with Crippen molar-refractivity contribution >= 4 is 11.5 Å². The number of aryl methyl sites for hydroxylation is 2. The normalized spacial score (nSPS) is 10.2. The molecule has 0 spiro atoms. The number of carbonyl (C=O) groups excluding carboxylic acids is 1. The average molecular weight is 205 g/mol. The number of ketones is 1. The molecule has 0 fully saturated rings. The van der Waals surface area contributed by atoms with Gasteiger partial charge in [0.1, 0.15) is 5.78 Å². The lowest BCUT2D eigenvalue weighted by atomic mass is 9.98. The van der Waals surface area contributed by atoms with Gasteiger partial charge in [-0.25, -0.2) is 0 Å². The molecule has 2 nitrogen and oxygen atoms in total. The van der Waals surface area contributed by atoms with Crippen molar-refractivity contribution in [3.8, 4) is 0 Å². The first-order chi connectivity index (χ1) is 6.91. The van der Waals surface area contributed by atoms with E-state index in [-0.39, 0.29) is 5.78 Å². The van der Waals surface area contributed by atoms with E-state index in [1.165, 1.54) is 11.1 Å². The van der Waals surface area contributed by atoms with E-state index in [0.29, 0.717) is 6.42 Å². The van der Waals surface area contributed by atoms with Crippen LogP contribution in [0.4, 0.5) is 5.69 Å². The van der Waals surface area contributed by atoms with Gasteiger partial charge in [-0.1, -0.05) is 6.07 Å². The smallest absolute Gasteiger partial charge is 0.134 e. The van der Waals surface area contributed by atoms with Crippen molar-refractivity contribution in [2.75, 3.05) is 19.0 Å². The molecule has 0 amide bonds. The Kier molecular flexibility index (Phi) is 3.51. The Morgan fingerprint density at radius 2 is 1.87 bits per heavy atom. The molecule has 1 aromatic carbocycles. The van der Waals surface area contributed by atoms with Crippen LogP contribution in [0.15, 0.2) is 12.1 Å². The lowest BCUT2D eigenvalue weighted by Crippen LogP contribution is -2.14. The minimum Gasteiger partial charge on any atom is -0.377 e. The van der Waals surface area contributed by atoms with Gasteiger partial charge in [-0.05, 0) is 43.5 Å². The van der Waals surface area contributed by atoms with Gasteiger partial charge in [0.2, 0.25) is 0 Å². The minimum absolute atomic E-state index is 0.213. The first-order valence-electron chi connectivity index (χ1n) is 5.18. The maximum absolute atomic E-state index is 11.2. The molecule has 0 aliphatic carbocycles. The maximum Gasteiger partial charge on any atom is 0.134 e. The van der Waals surface area contributed by atoms with E-state index in [4.69, 9.17) is 0 Å². The summed E-state index contributed by atoms with van der Waals surface area (Å²) in [5.74, 6) is 0.213. The van der Waals surface area contributed by atoms with Gasteiger partial charge in [0.15, 0.2) is 0 Å². The van der Waals surface area contributed by atoms with Gasteiger partial charge in [0, 0.05) is 26.2 Å². The fraction of sp³-hybridized carbons (Fsp3) is 0.462. The van der Waals surface area contributed by atoms with Gasteiger partial charge in [-0.3, -0.25) is 4.79 Å². The zero-order valence-corrected chi connectivity index (χ0v) is 10.2. The van der Waals surface area contributed by atoms with Crippen molar-refractivity contribution in [2.24, 2.45) is 0 Å². The number of Topliss-reactive ketones (excluding diaryl/α,β-unsaturated/α-hetero) is 1. The monoisotopic (exact) mass is 205 g/mol. The lowest BCUT2D eigenvalue weighted by molar-refractivity contribution is -0.116. The minimum atomic E-state index is 0.213. The highest BCUT2D eigenvalue weighted by Crippen LogP contribution is 2.24. The molecule has 0 bridgehead atoms. The van der Waals surface area contributed by atoms with Crippen LogP contribution in [0.2, 0.25) is 0 Å². The Hall–Kier alpha value is -1.31. The van der Waals surface area contributed by atoms with Crippen molar-refractivity contribution in [3.05, 3.63) is 28.8 Å². The van der Waals surface area contributed by atoms with Crippen LogP contribution in [0.5, 0.6) is 0 Å². The molecular formula is C13H19NO. The summed E-state index contributed by atoms with van der Waals surface area (Å²) >= 11 is 0. The second-order valence-electron chi connectivity index (χ2n) is 4.35. The summed E-state index contributed by atoms with van der Waals surface area (Å²) in [7, 11) is 4.02. The predicted molar refractivity (Wildman–Crippen MR) is 64.6 cm³/mol. The number of nitrogens with zero attached hydrogens (tertiary/aromatic N) is 1. The topological polar surface area (TPSA) is 20.3 Å². The number of benzene rings is 1. The number of rotatable bonds is 3. The first kappa shape index (κ1) is 11.8. The van der Waals surface area contributed by atoms with E-state index in [1.54, 1.807) is 6.92 Å². The molecule has 0 saturated carbocycles. The summed E-state index contributed by atoms with van der Waals surface area (Å²) in [5.41, 5.74) is 4.75. The third-order valence-electron chi connectivity index (χ3n) is 2.50. The quantitative estimate of drug-likeness (QED) is 0.755. The highest BCUT2D eigenvalue weighted by Gasteiger charge is 2.10. The van der Waals surface area contributed by atoms with Gasteiger partial charge in [0.05, 0.1) is 0 Å². The van der Waals surface area contributed by atoms with Crippen LogP contribution in [0.25, 0.3) is 0 Å². The molecule has 0 saturated heterocycles. The highest BCUT2D eigenvalue weighted by molar-refractivity contribution is 5.81. The van der Waals surface area contributed by atoms with Gasteiger partial charge in [0.25, 0.3) is 0 Å². The molecule has 15 heavy (non-hydrogen) atoms. The third kappa shape index (κ3) is 2.82. The van der Waals surface area contributed by atoms with Crippen LogP contribution in [-0.4, -0.2) is 19.9 Å². The van der Waals surface area contributed by atoms with E-state index < -0.39 is 0 Å². The van der Waals surface area contributed by atoms with Crippen molar-refractivity contribution in [3.63, 3.8) is 0 Å². The van der Waals surface area contributed by atoms with Crippen LogP contribution >= 0.6 is 0 Å². The van der Waals surface area contributed by atoms with Crippen molar-refractivity contribution in [2.45, 2.75) is 27.2 Å². The second kappa shape index (κ2) is 4.47. The van der Waals surface area contributed by atoms with Crippen molar-refractivity contribution in [1.29, 1.82) is 0 Å². The summed E-state index contributed by atoms with van der Waals surface area (Å²) < 4.78 is 0. The van der Waals surface area contributed by atoms with Gasteiger partial charge < -0.3 is 4.90 Å². The number of carbonyl (C=O) groups is 1. The largest absolute Gasteiger partial charge is 0.377 e. The lowest BCUT2D eigenvalue weighted by Gasteiger charge is -2.19. The Morgan fingerprint density at radius 3 is 2.33 bits per heavy atom. The van der Waals surface area contributed by atoms with Crippen LogP contribution < -0.4 is 4.90 Å². The predicted octanol–water partition coefficient (Wildman–Crippen LogP) is 2.50. The zero-order chi connectivity index (χ0) is 11.6. The standard InChI is InChI=1S/C13H19NO/c1-9-6-10(2)12(8-11(3)15)13(7-9)14(4)5/h6-7H,8H2,1-5H3. The van der Waals surface area contributed by atoms with E-state index in [0.717, 1.165) is 11.3 Å². The molecule has 0 aromatic heterocycles. The van der Waals surface area contributed by atoms with E-state index in [9.17, 15) is 4.79 Å². The maximum atomic E-state index is 11.2. The first-order valence-corrected chi connectivity index (χ1v) is 5.18. The molecule has 0 aliphatic heterocycles. The Balaban J connectivity index is 3.26. The fourth-order valence-corrected chi connectivity index (χ4v) is 1.85. The number of hydrogen-bond donors (Lipinski definition) is 0. The number of anilines is 1. The molecule has 2 heteroatoms. The summed E-state index contributed by atoms with van der Waals surface area (Å²) in [5, 5.41) is 0. The molecule has 0 atom stereocenters. The molecule has 1 aromatic rings. The Bertz CT molecular complexity index is 380. The van der Waals surface area contributed by atoms with Crippen molar-refractivity contribution < 1.29 is 4.79 Å². The van der Waals surface area contributed by atoms with Crippen LogP contribution in [0.3, 0.4) is 0 Å². The Morgan fingerprint density at radius 1 is 1.27 bits per heavy atom. The Labute approximate surface area is 91.9 Å². The summed E-state index contributed by atoms with van der Waals surface area (Å²) in [4.78, 5) is 13.3. The van der Waals surface area contributed by atoms with E-state index >= 15 is 0 Å². The van der Waals surface area contributed by atoms with E-state index in [1.807, 2.05) is 14.1 Å². The summed E-state index contributed by atoms with van der Waals surface area (Å²) in [6, 6.07) is 4.26. The molecular weight excluding hydrogens is 186 g/mol. The molecule has 0 radical (unpaired) electrons. The van der Waals surface area contributed by atoms with Crippen LogP contribution in [0.1, 0.15) is 23.6 Å². The van der Waals surface area contributed by atoms with Gasteiger partial charge in [-0.2, -0.15) is 0 Å². The molecule has 0 unspecified atom stereocenters. The summed E-state index contributed by atoms with van der Waals surface area (Å²) in [6.45, 7) is 5.79. The molecule has 0 aliphatic rings. The SMILES string of the molecule is CC(=O)Cc1c(C)cc(C)cc1N(C)C. The van der Waals surface area contributed by atoms with Gasteiger partial charge >= 0.3 is 0 Å². The summed E-state index contributed by atoms with van der Waals surface area (Å²) in [6.07, 6.45) is 0.527. The second-order valence-corrected chi connectivity index (χ2v) is 4.35. The molecule has 0 N–H and O–H groups in total. The molecule has 0 heterocycles. The highest BCUT2D eigenvalue weighted by atomic mass is 16.1. The van der Waals surface area contributed by atoms with Gasteiger partial charge in [-0.15, -0.1) is 0 Å². The molecule has 1 rings (SSSR count). The zero-order valence-electron chi connectivity index (χ0n) is 10.2. The van der Waals surface area contributed by atoms with E-state index in [2.05, 4.69) is 30.9 Å². The molecule has 82 valence electrons. The van der Waals surface area contributed by atoms with Crippen molar-refractivity contribution in [1.82, 2.24) is 0 Å². The van der Waals surface area contributed by atoms with Crippen LogP contribution in [0, 0.1) is 13.8 Å². The average Bonchev–Trinajstić information content (AvgIpc) is 2.08.